The van der Waals surface area contributed by atoms with Gasteiger partial charge in [-0.15, -0.1) is 6.58 Å². The molecule has 1 aromatic rings. The van der Waals surface area contributed by atoms with Crippen LogP contribution in [0.4, 0.5) is 0 Å². The van der Waals surface area contributed by atoms with Gasteiger partial charge < -0.3 is 4.43 Å². The Balaban J connectivity index is 2.13. The van der Waals surface area contributed by atoms with Crippen molar-refractivity contribution in [3.63, 3.8) is 0 Å². The molecule has 0 saturated heterocycles. The van der Waals surface area contributed by atoms with Crippen molar-refractivity contribution in [3.05, 3.63) is 66.3 Å². The van der Waals surface area contributed by atoms with Gasteiger partial charge in [-0.2, -0.15) is 4.31 Å². The lowest BCUT2D eigenvalue weighted by Crippen LogP contribution is -2.40. The van der Waals surface area contributed by atoms with E-state index in [1.807, 2.05) is 37.3 Å². The molecule has 0 spiro atoms. The van der Waals surface area contributed by atoms with Crippen molar-refractivity contribution in [2.45, 2.75) is 82.4 Å². The number of sulfonamides is 1. The normalized spacial score (nSPS) is 18.3. The summed E-state index contributed by atoms with van der Waals surface area (Å²) in [6.07, 6.45) is 11.9. The van der Waals surface area contributed by atoms with Gasteiger partial charge in [0.25, 0.3) is 0 Å². The first kappa shape index (κ1) is 26.8. The van der Waals surface area contributed by atoms with Gasteiger partial charge >= 0.3 is 0 Å². The third-order valence-corrected chi connectivity index (χ3v) is 13.0. The maximum absolute atomic E-state index is 13.4. The Morgan fingerprint density at radius 3 is 2.44 bits per heavy atom. The standard InChI is InChI=1S/C26H41NO3SSi/c1-8-9-10-11-14-24-20-23(13-12-19-30-32(6,7)26(3,4)5)21-27(24)31(28,29)25-17-15-22(2)16-18-25/h8,12-13,15-18,20,24H,1,9-11,14,19,21H2,2-7H3/b13-12+. The molecule has 1 aliphatic heterocycles. The van der Waals surface area contributed by atoms with Gasteiger partial charge in [0.15, 0.2) is 8.32 Å². The van der Waals surface area contributed by atoms with Crippen molar-refractivity contribution in [2.24, 2.45) is 0 Å². The zero-order valence-electron chi connectivity index (χ0n) is 20.7. The summed E-state index contributed by atoms with van der Waals surface area (Å²) in [6, 6.07) is 7.01. The summed E-state index contributed by atoms with van der Waals surface area (Å²) in [5, 5.41) is 0.170. The van der Waals surface area contributed by atoms with Crippen molar-refractivity contribution < 1.29 is 12.8 Å². The molecular weight excluding hydrogens is 434 g/mol. The van der Waals surface area contributed by atoms with E-state index in [0.717, 1.165) is 36.8 Å². The lowest BCUT2D eigenvalue weighted by atomic mass is 10.1. The average Bonchev–Trinajstić information content (AvgIpc) is 3.12. The maximum Gasteiger partial charge on any atom is 0.243 e. The van der Waals surface area contributed by atoms with E-state index in [-0.39, 0.29) is 11.1 Å². The summed E-state index contributed by atoms with van der Waals surface area (Å²) < 4.78 is 34.7. The van der Waals surface area contributed by atoms with Gasteiger partial charge in [0, 0.05) is 12.6 Å². The summed E-state index contributed by atoms with van der Waals surface area (Å²) in [4.78, 5) is 0.360. The van der Waals surface area contributed by atoms with Crippen LogP contribution in [-0.4, -0.2) is 40.2 Å². The van der Waals surface area contributed by atoms with Gasteiger partial charge in [-0.25, -0.2) is 8.42 Å². The Morgan fingerprint density at radius 2 is 1.84 bits per heavy atom. The van der Waals surface area contributed by atoms with Crippen LogP contribution >= 0.6 is 0 Å². The minimum atomic E-state index is -3.55. The minimum Gasteiger partial charge on any atom is -0.413 e. The zero-order chi connectivity index (χ0) is 24.0. The predicted molar refractivity (Wildman–Crippen MR) is 138 cm³/mol. The van der Waals surface area contributed by atoms with Crippen molar-refractivity contribution >= 4 is 18.3 Å². The quantitative estimate of drug-likeness (QED) is 0.205. The predicted octanol–water partition coefficient (Wildman–Crippen LogP) is 6.62. The lowest BCUT2D eigenvalue weighted by Gasteiger charge is -2.35. The monoisotopic (exact) mass is 475 g/mol. The fourth-order valence-corrected chi connectivity index (χ4v) is 5.98. The van der Waals surface area contributed by atoms with Crippen LogP contribution in [0.5, 0.6) is 0 Å². The zero-order valence-corrected chi connectivity index (χ0v) is 22.5. The number of allylic oxidation sites excluding steroid dienone is 1. The molecule has 0 aliphatic carbocycles. The van der Waals surface area contributed by atoms with Crippen LogP contribution in [0.3, 0.4) is 0 Å². The van der Waals surface area contributed by atoms with Gasteiger partial charge in [0.05, 0.1) is 11.5 Å². The van der Waals surface area contributed by atoms with Crippen LogP contribution in [0.1, 0.15) is 52.0 Å². The summed E-state index contributed by atoms with van der Waals surface area (Å²) in [7, 11) is -5.35. The van der Waals surface area contributed by atoms with Gasteiger partial charge in [-0.3, -0.25) is 0 Å². The average molecular weight is 476 g/mol. The van der Waals surface area contributed by atoms with Crippen molar-refractivity contribution in [2.75, 3.05) is 13.2 Å². The third kappa shape index (κ3) is 7.01. The molecule has 6 heteroatoms. The Kier molecular flexibility index (Phi) is 9.29. The molecule has 0 amide bonds. The molecule has 1 aliphatic rings. The molecule has 0 aromatic heterocycles. The highest BCUT2D eigenvalue weighted by molar-refractivity contribution is 7.89. The first-order valence-electron chi connectivity index (χ1n) is 11.6. The Morgan fingerprint density at radius 1 is 1.19 bits per heavy atom. The van der Waals surface area contributed by atoms with Crippen LogP contribution in [0.15, 0.2) is 65.6 Å². The van der Waals surface area contributed by atoms with E-state index in [0.29, 0.717) is 18.0 Å². The van der Waals surface area contributed by atoms with Gasteiger partial charge in [0.2, 0.25) is 10.0 Å². The molecule has 1 atom stereocenters. The first-order chi connectivity index (χ1) is 14.9. The molecule has 0 N–H and O–H groups in total. The van der Waals surface area contributed by atoms with Crippen molar-refractivity contribution in [1.82, 2.24) is 4.31 Å². The van der Waals surface area contributed by atoms with E-state index in [1.165, 1.54) is 0 Å². The van der Waals surface area contributed by atoms with Crippen LogP contribution < -0.4 is 0 Å². The second kappa shape index (κ2) is 11.1. The van der Waals surface area contributed by atoms with E-state index in [2.05, 4.69) is 46.5 Å². The molecule has 1 heterocycles. The van der Waals surface area contributed by atoms with E-state index in [4.69, 9.17) is 4.43 Å². The smallest absolute Gasteiger partial charge is 0.243 e. The fourth-order valence-electron chi connectivity index (χ4n) is 3.44. The van der Waals surface area contributed by atoms with E-state index in [9.17, 15) is 8.42 Å². The third-order valence-electron chi connectivity index (χ3n) is 6.58. The summed E-state index contributed by atoms with van der Waals surface area (Å²) >= 11 is 0. The van der Waals surface area contributed by atoms with Gasteiger partial charge in [-0.1, -0.05) is 69.2 Å². The van der Waals surface area contributed by atoms with Crippen molar-refractivity contribution in [3.8, 4) is 0 Å². The number of benzene rings is 1. The molecule has 0 fully saturated rings. The van der Waals surface area contributed by atoms with Gasteiger partial charge in [0.1, 0.15) is 0 Å². The number of nitrogens with zero attached hydrogens (tertiary/aromatic N) is 1. The van der Waals surface area contributed by atoms with Crippen LogP contribution in [-0.2, 0) is 14.4 Å². The minimum absolute atomic E-state index is 0.118. The Bertz CT molecular complexity index is 925. The van der Waals surface area contributed by atoms with E-state index in [1.54, 1.807) is 16.4 Å². The Labute approximate surface area is 197 Å². The second-order valence-electron chi connectivity index (χ2n) is 10.2. The SMILES string of the molecule is C=CCCCCC1C=C(/C=C/CO[Si](C)(C)C(C)(C)C)CN1S(=O)(=O)c1ccc(C)cc1. The highest BCUT2D eigenvalue weighted by atomic mass is 32.2. The van der Waals surface area contributed by atoms with Crippen molar-refractivity contribution in [1.29, 1.82) is 0 Å². The number of hydrogen-bond acceptors (Lipinski definition) is 3. The van der Waals surface area contributed by atoms with Gasteiger partial charge in [-0.05, 0) is 62.0 Å². The summed E-state index contributed by atoms with van der Waals surface area (Å²) in [5.74, 6) is 0. The number of rotatable bonds is 11. The lowest BCUT2D eigenvalue weighted by molar-refractivity contribution is 0.328. The van der Waals surface area contributed by atoms with Crippen LogP contribution in [0.2, 0.25) is 18.1 Å². The molecule has 0 bridgehead atoms. The summed E-state index contributed by atoms with van der Waals surface area (Å²) in [5.41, 5.74) is 2.09. The number of unbranched alkanes of at least 4 members (excludes halogenated alkanes) is 2. The van der Waals surface area contributed by atoms with Crippen LogP contribution in [0.25, 0.3) is 0 Å². The van der Waals surface area contributed by atoms with Crippen LogP contribution in [0, 0.1) is 6.92 Å². The first-order valence-corrected chi connectivity index (χ1v) is 15.9. The molecule has 0 radical (unpaired) electrons. The molecule has 2 rings (SSSR count). The largest absolute Gasteiger partial charge is 0.413 e. The molecule has 4 nitrogen and oxygen atoms in total. The Hall–Kier alpha value is -1.47. The summed E-state index contributed by atoms with van der Waals surface area (Å²) in [6.45, 7) is 17.9. The maximum atomic E-state index is 13.4. The molecular formula is C26H41NO3SSi. The molecule has 0 saturated carbocycles. The van der Waals surface area contributed by atoms with E-state index < -0.39 is 18.3 Å². The number of hydrogen-bond donors (Lipinski definition) is 0. The highest BCUT2D eigenvalue weighted by Crippen LogP contribution is 2.36. The molecule has 1 aromatic carbocycles. The number of aryl methyl sites for hydroxylation is 1. The topological polar surface area (TPSA) is 46.6 Å². The fraction of sp³-hybridized carbons (Fsp3) is 0.538. The van der Waals surface area contributed by atoms with E-state index >= 15 is 0 Å². The highest BCUT2D eigenvalue weighted by Gasteiger charge is 2.37. The molecule has 178 valence electrons. The molecule has 1 unspecified atom stereocenters. The second-order valence-corrected chi connectivity index (χ2v) is 16.9. The molecule has 32 heavy (non-hydrogen) atoms.